The van der Waals surface area contributed by atoms with Crippen LogP contribution < -0.4 is 5.32 Å². The fraction of sp³-hybridized carbons (Fsp3) is 0.185. The summed E-state index contributed by atoms with van der Waals surface area (Å²) in [6.45, 7) is 8.10. The van der Waals surface area contributed by atoms with Gasteiger partial charge in [-0.1, -0.05) is 36.0 Å². The molecule has 0 unspecified atom stereocenters. The van der Waals surface area contributed by atoms with Crippen molar-refractivity contribution >= 4 is 23.4 Å². The number of rotatable bonds is 5. The van der Waals surface area contributed by atoms with Crippen LogP contribution in [0.4, 0.5) is 10.1 Å². The van der Waals surface area contributed by atoms with E-state index >= 15 is 0 Å². The monoisotopic (exact) mass is 459 g/mol. The maximum atomic E-state index is 13.5. The summed E-state index contributed by atoms with van der Waals surface area (Å²) in [4.78, 5) is 15.5. The number of nitrogens with zero attached hydrogens (tertiary/aromatic N) is 2. The Hall–Kier alpha value is -3.38. The number of anilines is 1. The van der Waals surface area contributed by atoms with Crippen LogP contribution in [0.15, 0.2) is 88.8 Å². The molecule has 0 spiro atoms. The summed E-state index contributed by atoms with van der Waals surface area (Å²) in [6.07, 6.45) is 1.58. The highest BCUT2D eigenvalue weighted by molar-refractivity contribution is 7.99. The number of amides is 1. The van der Waals surface area contributed by atoms with Gasteiger partial charge in [0, 0.05) is 21.0 Å². The van der Waals surface area contributed by atoms with Gasteiger partial charge >= 0.3 is 0 Å². The molecule has 0 saturated heterocycles. The van der Waals surface area contributed by atoms with E-state index in [9.17, 15) is 9.18 Å². The van der Waals surface area contributed by atoms with Crippen LogP contribution in [-0.2, 0) is 5.54 Å². The smallest absolute Gasteiger partial charge is 0.259 e. The Labute approximate surface area is 197 Å². The molecule has 4 nitrogen and oxygen atoms in total. The molecule has 0 aliphatic carbocycles. The molecule has 1 aromatic heterocycles. The number of halogens is 1. The Bertz CT molecular complexity index is 1280. The summed E-state index contributed by atoms with van der Waals surface area (Å²) in [6, 6.07) is 22.1. The normalized spacial score (nSPS) is 11.4. The molecule has 3 aromatic carbocycles. The second-order valence-corrected chi connectivity index (χ2v) is 9.96. The number of carbonyl (C=O) groups excluding carboxylic acids is 1. The first-order chi connectivity index (χ1) is 15.7. The Morgan fingerprint density at radius 3 is 2.36 bits per heavy atom. The minimum atomic E-state index is -0.356. The summed E-state index contributed by atoms with van der Waals surface area (Å²) in [5.74, 6) is -0.584. The second-order valence-electron chi connectivity index (χ2n) is 8.85. The van der Waals surface area contributed by atoms with Crippen molar-refractivity contribution in [2.24, 2.45) is 0 Å². The molecule has 1 N–H and O–H groups in total. The van der Waals surface area contributed by atoms with E-state index in [0.717, 1.165) is 20.9 Å². The Balaban J connectivity index is 1.66. The summed E-state index contributed by atoms with van der Waals surface area (Å²) in [5, 5.41) is 7.51. The van der Waals surface area contributed by atoms with E-state index in [1.807, 2.05) is 57.2 Å². The van der Waals surface area contributed by atoms with Crippen LogP contribution in [0.2, 0.25) is 0 Å². The van der Waals surface area contributed by atoms with E-state index in [-0.39, 0.29) is 17.3 Å². The van der Waals surface area contributed by atoms with Crippen LogP contribution >= 0.6 is 11.8 Å². The molecule has 0 bridgehead atoms. The van der Waals surface area contributed by atoms with Gasteiger partial charge in [0.1, 0.15) is 5.82 Å². The zero-order valence-electron chi connectivity index (χ0n) is 19.1. The van der Waals surface area contributed by atoms with E-state index in [0.29, 0.717) is 16.9 Å². The van der Waals surface area contributed by atoms with Crippen molar-refractivity contribution < 1.29 is 9.18 Å². The van der Waals surface area contributed by atoms with E-state index in [4.69, 9.17) is 0 Å². The molecule has 6 heteroatoms. The number of hydrogen-bond acceptors (Lipinski definition) is 3. The summed E-state index contributed by atoms with van der Waals surface area (Å²) in [5.41, 5.74) is 3.32. The van der Waals surface area contributed by atoms with Gasteiger partial charge in [0.25, 0.3) is 5.91 Å². The third kappa shape index (κ3) is 5.17. The molecular formula is C27H26FN3OS. The number of benzene rings is 3. The first-order valence-corrected chi connectivity index (χ1v) is 11.5. The lowest BCUT2D eigenvalue weighted by molar-refractivity contribution is 0.102. The molecule has 168 valence electrons. The van der Waals surface area contributed by atoms with Crippen LogP contribution in [0, 0.1) is 12.7 Å². The zero-order valence-corrected chi connectivity index (χ0v) is 19.9. The highest BCUT2D eigenvalue weighted by Crippen LogP contribution is 2.33. The summed E-state index contributed by atoms with van der Waals surface area (Å²) < 4.78 is 15.3. The van der Waals surface area contributed by atoms with Gasteiger partial charge < -0.3 is 5.32 Å². The van der Waals surface area contributed by atoms with Gasteiger partial charge in [-0.15, -0.1) is 0 Å². The van der Waals surface area contributed by atoms with Crippen molar-refractivity contribution in [3.63, 3.8) is 0 Å². The summed E-state index contributed by atoms with van der Waals surface area (Å²) in [7, 11) is 0. The highest BCUT2D eigenvalue weighted by Gasteiger charge is 2.25. The average molecular weight is 460 g/mol. The van der Waals surface area contributed by atoms with E-state index in [2.05, 4.69) is 29.5 Å². The molecule has 0 saturated carbocycles. The van der Waals surface area contributed by atoms with Gasteiger partial charge in [-0.05, 0) is 81.8 Å². The van der Waals surface area contributed by atoms with Crippen molar-refractivity contribution in [3.05, 3.63) is 95.9 Å². The van der Waals surface area contributed by atoms with Gasteiger partial charge in [0.2, 0.25) is 0 Å². The largest absolute Gasteiger partial charge is 0.322 e. The summed E-state index contributed by atoms with van der Waals surface area (Å²) >= 11 is 1.66. The molecule has 0 radical (unpaired) electrons. The first-order valence-electron chi connectivity index (χ1n) is 10.7. The van der Waals surface area contributed by atoms with Crippen molar-refractivity contribution in [1.82, 2.24) is 9.78 Å². The zero-order chi connectivity index (χ0) is 23.6. The lowest BCUT2D eigenvalue weighted by Gasteiger charge is -2.23. The minimum absolute atomic E-state index is 0.260. The number of nitrogens with one attached hydrogen (secondary N) is 1. The quantitative estimate of drug-likeness (QED) is 0.344. The predicted octanol–water partition coefficient (Wildman–Crippen LogP) is 7.16. The SMILES string of the molecule is Cc1ccc(NC(=O)c2cnn(C(C)(C)C)c2-c2ccc(F)cc2)cc1Sc1ccccc1. The van der Waals surface area contributed by atoms with E-state index < -0.39 is 0 Å². The third-order valence-corrected chi connectivity index (χ3v) is 6.35. The molecule has 4 rings (SSSR count). The third-order valence-electron chi connectivity index (χ3n) is 5.18. The Morgan fingerprint density at radius 2 is 1.70 bits per heavy atom. The second kappa shape index (κ2) is 9.24. The van der Waals surface area contributed by atoms with Gasteiger partial charge in [0.05, 0.1) is 23.0 Å². The van der Waals surface area contributed by atoms with E-state index in [1.165, 1.54) is 12.1 Å². The topological polar surface area (TPSA) is 46.9 Å². The van der Waals surface area contributed by atoms with Gasteiger partial charge in [-0.2, -0.15) is 5.10 Å². The van der Waals surface area contributed by atoms with Crippen molar-refractivity contribution in [3.8, 4) is 11.3 Å². The van der Waals surface area contributed by atoms with Crippen molar-refractivity contribution in [2.45, 2.75) is 43.0 Å². The number of aromatic nitrogens is 2. The molecule has 0 aliphatic rings. The van der Waals surface area contributed by atoms with Gasteiger partial charge in [-0.3, -0.25) is 9.48 Å². The van der Waals surface area contributed by atoms with Gasteiger partial charge in [0.15, 0.2) is 0 Å². The van der Waals surface area contributed by atoms with Crippen LogP contribution in [0.25, 0.3) is 11.3 Å². The fourth-order valence-electron chi connectivity index (χ4n) is 3.51. The van der Waals surface area contributed by atoms with Crippen LogP contribution in [0.1, 0.15) is 36.7 Å². The molecule has 1 amide bonds. The maximum Gasteiger partial charge on any atom is 0.259 e. The standard InChI is InChI=1S/C27H26FN3OS/c1-18-10-15-21(16-24(18)33-22-8-6-5-7-9-22)30-26(32)23-17-29-31(27(2,3)4)25(23)19-11-13-20(28)14-12-19/h5-17H,1-4H3,(H,30,32). The lowest BCUT2D eigenvalue weighted by Crippen LogP contribution is -2.24. The maximum absolute atomic E-state index is 13.5. The Kier molecular flexibility index (Phi) is 6.38. The molecule has 0 aliphatic heterocycles. The molecular weight excluding hydrogens is 433 g/mol. The number of carbonyl (C=O) groups is 1. The van der Waals surface area contributed by atoms with Gasteiger partial charge in [-0.25, -0.2) is 4.39 Å². The minimum Gasteiger partial charge on any atom is -0.322 e. The molecule has 1 heterocycles. The van der Waals surface area contributed by atoms with Crippen LogP contribution in [0.5, 0.6) is 0 Å². The number of hydrogen-bond donors (Lipinski definition) is 1. The number of aryl methyl sites for hydroxylation is 1. The van der Waals surface area contributed by atoms with Crippen LogP contribution in [-0.4, -0.2) is 15.7 Å². The highest BCUT2D eigenvalue weighted by atomic mass is 32.2. The van der Waals surface area contributed by atoms with Crippen molar-refractivity contribution in [1.29, 1.82) is 0 Å². The predicted molar refractivity (Wildman–Crippen MR) is 132 cm³/mol. The average Bonchev–Trinajstić information content (AvgIpc) is 3.23. The Morgan fingerprint density at radius 1 is 1.00 bits per heavy atom. The molecule has 0 fully saturated rings. The molecule has 4 aromatic rings. The molecule has 33 heavy (non-hydrogen) atoms. The molecule has 0 atom stereocenters. The lowest BCUT2D eigenvalue weighted by atomic mass is 10.0. The van der Waals surface area contributed by atoms with Crippen molar-refractivity contribution in [2.75, 3.05) is 5.32 Å². The van der Waals surface area contributed by atoms with Crippen LogP contribution in [0.3, 0.4) is 0 Å². The van der Waals surface area contributed by atoms with E-state index in [1.54, 1.807) is 34.8 Å². The fourth-order valence-corrected chi connectivity index (χ4v) is 4.47. The first kappa shape index (κ1) is 22.8.